The third kappa shape index (κ3) is 4.80. The Labute approximate surface area is 86.9 Å². The van der Waals surface area contributed by atoms with E-state index in [4.69, 9.17) is 5.11 Å². The maximum Gasteiger partial charge on any atom is 0.303 e. The van der Waals surface area contributed by atoms with Crippen LogP contribution in [-0.4, -0.2) is 33.3 Å². The van der Waals surface area contributed by atoms with Crippen LogP contribution in [0.3, 0.4) is 0 Å². The van der Waals surface area contributed by atoms with Crippen molar-refractivity contribution in [1.29, 1.82) is 0 Å². The summed E-state index contributed by atoms with van der Waals surface area (Å²) in [6.07, 6.45) is 3.34. The first-order valence-corrected chi connectivity index (χ1v) is 4.64. The second-order valence-corrected chi connectivity index (χ2v) is 3.01. The van der Waals surface area contributed by atoms with Crippen molar-refractivity contribution >= 4 is 11.9 Å². The SMILES string of the molecule is O=C(O)CCC(=O)NCCn1cccn1. The highest BCUT2D eigenvalue weighted by Gasteiger charge is 2.04. The number of hydrogen-bond acceptors (Lipinski definition) is 3. The molecule has 0 radical (unpaired) electrons. The maximum absolute atomic E-state index is 11.1. The molecule has 0 aliphatic rings. The highest BCUT2D eigenvalue weighted by molar-refractivity contribution is 5.80. The van der Waals surface area contributed by atoms with Gasteiger partial charge in [0.05, 0.1) is 13.0 Å². The van der Waals surface area contributed by atoms with Gasteiger partial charge in [-0.15, -0.1) is 0 Å². The van der Waals surface area contributed by atoms with Crippen molar-refractivity contribution in [3.05, 3.63) is 18.5 Å². The Morgan fingerprint density at radius 3 is 2.80 bits per heavy atom. The lowest BCUT2D eigenvalue weighted by Gasteiger charge is -2.03. The molecule has 1 heterocycles. The van der Waals surface area contributed by atoms with Gasteiger partial charge in [0.1, 0.15) is 0 Å². The monoisotopic (exact) mass is 211 g/mol. The standard InChI is InChI=1S/C9H13N3O3/c13-8(2-3-9(14)15)10-5-7-12-6-1-4-11-12/h1,4,6H,2-3,5,7H2,(H,10,13)(H,14,15). The van der Waals surface area contributed by atoms with Crippen molar-refractivity contribution in [2.75, 3.05) is 6.54 Å². The number of carboxylic acids is 1. The second kappa shape index (κ2) is 5.79. The van der Waals surface area contributed by atoms with Gasteiger partial charge in [0.2, 0.25) is 5.91 Å². The smallest absolute Gasteiger partial charge is 0.303 e. The fraction of sp³-hybridized carbons (Fsp3) is 0.444. The summed E-state index contributed by atoms with van der Waals surface area (Å²) in [5.74, 6) is -1.21. The predicted molar refractivity (Wildman–Crippen MR) is 52.1 cm³/mol. The summed E-state index contributed by atoms with van der Waals surface area (Å²) in [4.78, 5) is 21.2. The van der Waals surface area contributed by atoms with Crippen LogP contribution in [0.15, 0.2) is 18.5 Å². The molecule has 82 valence electrons. The first-order chi connectivity index (χ1) is 7.18. The zero-order chi connectivity index (χ0) is 11.1. The number of amides is 1. The average Bonchev–Trinajstić information content (AvgIpc) is 2.67. The summed E-state index contributed by atoms with van der Waals surface area (Å²) in [6.45, 7) is 1.05. The molecular formula is C9H13N3O3. The highest BCUT2D eigenvalue weighted by atomic mass is 16.4. The molecule has 0 spiro atoms. The zero-order valence-corrected chi connectivity index (χ0v) is 8.22. The molecule has 0 fully saturated rings. The minimum Gasteiger partial charge on any atom is -0.481 e. The Balaban J connectivity index is 2.09. The van der Waals surface area contributed by atoms with E-state index in [1.165, 1.54) is 0 Å². The van der Waals surface area contributed by atoms with E-state index < -0.39 is 5.97 Å². The van der Waals surface area contributed by atoms with E-state index in [1.54, 1.807) is 23.1 Å². The molecule has 6 heteroatoms. The summed E-state index contributed by atoms with van der Waals surface area (Å²) >= 11 is 0. The Bertz CT molecular complexity index is 321. The predicted octanol–water partition coefficient (Wildman–Crippen LogP) is -0.136. The van der Waals surface area contributed by atoms with Gasteiger partial charge in [-0.2, -0.15) is 5.10 Å². The topological polar surface area (TPSA) is 84.2 Å². The normalized spacial score (nSPS) is 9.87. The number of carbonyl (C=O) groups is 2. The quantitative estimate of drug-likeness (QED) is 0.686. The van der Waals surface area contributed by atoms with E-state index in [2.05, 4.69) is 10.4 Å². The minimum absolute atomic E-state index is 0.0223. The van der Waals surface area contributed by atoms with E-state index in [0.717, 1.165) is 0 Å². The summed E-state index contributed by atoms with van der Waals surface area (Å²) < 4.78 is 1.69. The van der Waals surface area contributed by atoms with Crippen LogP contribution < -0.4 is 5.32 Å². The molecule has 1 rings (SSSR count). The average molecular weight is 211 g/mol. The summed E-state index contributed by atoms with van der Waals surface area (Å²) in [7, 11) is 0. The van der Waals surface area contributed by atoms with Gasteiger partial charge in [-0.25, -0.2) is 0 Å². The van der Waals surface area contributed by atoms with Crippen molar-refractivity contribution in [2.24, 2.45) is 0 Å². The molecule has 0 bridgehead atoms. The van der Waals surface area contributed by atoms with Crippen LogP contribution in [0.2, 0.25) is 0 Å². The van der Waals surface area contributed by atoms with E-state index in [0.29, 0.717) is 13.1 Å². The van der Waals surface area contributed by atoms with E-state index in [-0.39, 0.29) is 18.7 Å². The lowest BCUT2D eigenvalue weighted by atomic mass is 10.3. The molecule has 0 saturated carbocycles. The fourth-order valence-corrected chi connectivity index (χ4v) is 1.05. The van der Waals surface area contributed by atoms with E-state index in [9.17, 15) is 9.59 Å². The largest absolute Gasteiger partial charge is 0.481 e. The molecule has 2 N–H and O–H groups in total. The molecule has 0 atom stereocenters. The number of hydrogen-bond donors (Lipinski definition) is 2. The zero-order valence-electron chi connectivity index (χ0n) is 8.22. The van der Waals surface area contributed by atoms with Crippen LogP contribution in [0.5, 0.6) is 0 Å². The number of carboxylic acid groups (broad SMARTS) is 1. The second-order valence-electron chi connectivity index (χ2n) is 3.01. The molecule has 6 nitrogen and oxygen atoms in total. The van der Waals surface area contributed by atoms with Gasteiger partial charge >= 0.3 is 5.97 Å². The first kappa shape index (κ1) is 11.2. The van der Waals surface area contributed by atoms with Crippen molar-refractivity contribution in [3.8, 4) is 0 Å². The number of rotatable bonds is 6. The maximum atomic E-state index is 11.1. The van der Waals surface area contributed by atoms with Crippen LogP contribution in [0, 0.1) is 0 Å². The van der Waals surface area contributed by atoms with Crippen LogP contribution in [-0.2, 0) is 16.1 Å². The summed E-state index contributed by atoms with van der Waals surface area (Å²) in [5, 5.41) is 14.9. The van der Waals surface area contributed by atoms with E-state index >= 15 is 0 Å². The van der Waals surface area contributed by atoms with Gasteiger partial charge in [0, 0.05) is 25.4 Å². The molecule has 1 amide bonds. The Morgan fingerprint density at radius 2 is 2.20 bits per heavy atom. The highest BCUT2D eigenvalue weighted by Crippen LogP contribution is 1.88. The van der Waals surface area contributed by atoms with Crippen molar-refractivity contribution in [3.63, 3.8) is 0 Å². The Kier molecular flexibility index (Phi) is 4.33. The van der Waals surface area contributed by atoms with Gasteiger partial charge in [-0.3, -0.25) is 14.3 Å². The van der Waals surface area contributed by atoms with Crippen LogP contribution in [0.1, 0.15) is 12.8 Å². The number of nitrogens with zero attached hydrogens (tertiary/aromatic N) is 2. The first-order valence-electron chi connectivity index (χ1n) is 4.64. The Hall–Kier alpha value is -1.85. The van der Waals surface area contributed by atoms with E-state index in [1.807, 2.05) is 0 Å². The van der Waals surface area contributed by atoms with Gasteiger partial charge in [0.25, 0.3) is 0 Å². The fourth-order valence-electron chi connectivity index (χ4n) is 1.05. The molecule has 0 aromatic carbocycles. The van der Waals surface area contributed by atoms with Gasteiger partial charge < -0.3 is 10.4 Å². The van der Waals surface area contributed by atoms with Gasteiger partial charge in [-0.05, 0) is 6.07 Å². The number of aliphatic carboxylic acids is 1. The molecule has 1 aromatic rings. The third-order valence-corrected chi connectivity index (χ3v) is 1.79. The molecular weight excluding hydrogens is 198 g/mol. The third-order valence-electron chi connectivity index (χ3n) is 1.79. The van der Waals surface area contributed by atoms with Crippen molar-refractivity contribution in [2.45, 2.75) is 19.4 Å². The molecule has 15 heavy (non-hydrogen) atoms. The molecule has 0 aliphatic heterocycles. The lowest BCUT2D eigenvalue weighted by molar-refractivity contribution is -0.138. The van der Waals surface area contributed by atoms with Crippen molar-refractivity contribution < 1.29 is 14.7 Å². The number of aromatic nitrogens is 2. The summed E-state index contributed by atoms with van der Waals surface area (Å²) in [6, 6.07) is 1.80. The van der Waals surface area contributed by atoms with Crippen LogP contribution in [0.4, 0.5) is 0 Å². The molecule has 0 saturated heterocycles. The van der Waals surface area contributed by atoms with Crippen molar-refractivity contribution in [1.82, 2.24) is 15.1 Å². The minimum atomic E-state index is -0.961. The Morgan fingerprint density at radius 1 is 1.40 bits per heavy atom. The molecule has 0 unspecified atom stereocenters. The molecule has 1 aromatic heterocycles. The number of carbonyl (C=O) groups excluding carboxylic acids is 1. The van der Waals surface area contributed by atoms with Crippen LogP contribution >= 0.6 is 0 Å². The van der Waals surface area contributed by atoms with Gasteiger partial charge in [-0.1, -0.05) is 0 Å². The van der Waals surface area contributed by atoms with Gasteiger partial charge in [0.15, 0.2) is 0 Å². The molecule has 0 aliphatic carbocycles. The van der Waals surface area contributed by atoms with Crippen LogP contribution in [0.25, 0.3) is 0 Å². The lowest BCUT2D eigenvalue weighted by Crippen LogP contribution is -2.27. The number of nitrogens with one attached hydrogen (secondary N) is 1. The summed E-state index contributed by atoms with van der Waals surface area (Å²) in [5.41, 5.74) is 0.